The maximum atomic E-state index is 12.6. The number of rotatable bonds is 6. The summed E-state index contributed by atoms with van der Waals surface area (Å²) in [7, 11) is 0. The lowest BCUT2D eigenvalue weighted by Gasteiger charge is -2.25. The van der Waals surface area contributed by atoms with Gasteiger partial charge in [-0.1, -0.05) is 36.7 Å². The molecule has 116 valence electrons. The molecule has 0 saturated carbocycles. The fraction of sp³-hybridized carbons (Fsp3) is 0.429. The van der Waals surface area contributed by atoms with Crippen LogP contribution in [0.2, 0.25) is 5.02 Å². The van der Waals surface area contributed by atoms with E-state index < -0.39 is 0 Å². The second kappa shape index (κ2) is 8.24. The van der Waals surface area contributed by atoms with Crippen molar-refractivity contribution in [1.82, 2.24) is 4.90 Å². The van der Waals surface area contributed by atoms with Crippen molar-refractivity contribution in [1.29, 1.82) is 0 Å². The van der Waals surface area contributed by atoms with Crippen molar-refractivity contribution in [2.45, 2.75) is 20.3 Å². The molecule has 1 rings (SSSR count). The van der Waals surface area contributed by atoms with Gasteiger partial charge in [-0.25, -0.2) is 0 Å². The van der Waals surface area contributed by atoms with Crippen molar-refractivity contribution in [3.63, 3.8) is 0 Å². The lowest BCUT2D eigenvalue weighted by atomic mass is 10.1. The molecule has 0 bridgehead atoms. The first-order valence-electron chi connectivity index (χ1n) is 6.56. The highest BCUT2D eigenvalue weighted by molar-refractivity contribution is 9.10. The predicted molar refractivity (Wildman–Crippen MR) is 87.9 cm³/mol. The van der Waals surface area contributed by atoms with Gasteiger partial charge in [0.25, 0.3) is 5.91 Å². The third-order valence-corrected chi connectivity index (χ3v) is 4.12. The average molecular weight is 377 g/mol. The zero-order valence-electron chi connectivity index (χ0n) is 12.0. The summed E-state index contributed by atoms with van der Waals surface area (Å²) in [5.74, 6) is 0.227. The number of hydrogen-bond donors (Lipinski definition) is 2. The number of amides is 1. The van der Waals surface area contributed by atoms with E-state index in [0.29, 0.717) is 40.5 Å². The molecule has 0 aliphatic rings. The van der Waals surface area contributed by atoms with Crippen LogP contribution in [0.5, 0.6) is 0 Å². The van der Waals surface area contributed by atoms with Crippen molar-refractivity contribution in [2.75, 3.05) is 13.1 Å². The summed E-state index contributed by atoms with van der Waals surface area (Å²) in [5, 5.41) is 11.9. The Morgan fingerprint density at radius 2 is 2.19 bits per heavy atom. The van der Waals surface area contributed by atoms with Crippen molar-refractivity contribution in [3.05, 3.63) is 33.3 Å². The Morgan fingerprint density at radius 3 is 2.76 bits per heavy atom. The molecule has 7 heteroatoms. The smallest absolute Gasteiger partial charge is 0.255 e. The minimum absolute atomic E-state index is 0.0943. The van der Waals surface area contributed by atoms with E-state index in [0.717, 1.165) is 0 Å². The molecular weight excluding hydrogens is 358 g/mol. The summed E-state index contributed by atoms with van der Waals surface area (Å²) < 4.78 is 0.677. The van der Waals surface area contributed by atoms with Gasteiger partial charge in [-0.05, 0) is 34.0 Å². The van der Waals surface area contributed by atoms with Gasteiger partial charge in [0.05, 0.1) is 10.6 Å². The Bertz CT molecular complexity index is 535. The normalized spacial score (nSPS) is 11.8. The first kappa shape index (κ1) is 17.8. The van der Waals surface area contributed by atoms with Crippen LogP contribution >= 0.6 is 27.5 Å². The Kier molecular flexibility index (Phi) is 6.98. The monoisotopic (exact) mass is 375 g/mol. The van der Waals surface area contributed by atoms with E-state index in [9.17, 15) is 4.79 Å². The van der Waals surface area contributed by atoms with Crippen LogP contribution < -0.4 is 5.73 Å². The molecule has 3 N–H and O–H groups in total. The van der Waals surface area contributed by atoms with Crippen molar-refractivity contribution >= 4 is 39.3 Å². The van der Waals surface area contributed by atoms with Gasteiger partial charge in [0.2, 0.25) is 0 Å². The van der Waals surface area contributed by atoms with Gasteiger partial charge in [0, 0.05) is 24.0 Å². The van der Waals surface area contributed by atoms with E-state index in [1.807, 2.05) is 13.8 Å². The molecular formula is C14H19BrClN3O2. The summed E-state index contributed by atoms with van der Waals surface area (Å²) in [5.41, 5.74) is 5.91. The molecule has 0 spiro atoms. The number of hydrogen-bond acceptors (Lipinski definition) is 3. The Balaban J connectivity index is 2.96. The van der Waals surface area contributed by atoms with E-state index in [1.54, 1.807) is 23.1 Å². The zero-order chi connectivity index (χ0) is 16.0. The largest absolute Gasteiger partial charge is 0.409 e. The van der Waals surface area contributed by atoms with E-state index >= 15 is 0 Å². The number of amidine groups is 1. The highest BCUT2D eigenvalue weighted by Gasteiger charge is 2.20. The van der Waals surface area contributed by atoms with Crippen LogP contribution in [0.1, 0.15) is 30.6 Å². The average Bonchev–Trinajstić information content (AvgIpc) is 2.44. The lowest BCUT2D eigenvalue weighted by molar-refractivity contribution is 0.0740. The second-order valence-electron chi connectivity index (χ2n) is 5.09. The highest BCUT2D eigenvalue weighted by Crippen LogP contribution is 2.27. The number of benzene rings is 1. The predicted octanol–water partition coefficient (Wildman–Crippen LogP) is 3.34. The zero-order valence-corrected chi connectivity index (χ0v) is 14.4. The second-order valence-corrected chi connectivity index (χ2v) is 6.32. The maximum absolute atomic E-state index is 12.6. The summed E-state index contributed by atoms with van der Waals surface area (Å²) in [6, 6.07) is 5.23. The van der Waals surface area contributed by atoms with Crippen LogP contribution in [0.15, 0.2) is 27.8 Å². The molecule has 1 amide bonds. The van der Waals surface area contributed by atoms with Gasteiger partial charge in [-0.2, -0.15) is 0 Å². The van der Waals surface area contributed by atoms with Gasteiger partial charge in [0.15, 0.2) is 0 Å². The molecule has 0 fully saturated rings. The van der Waals surface area contributed by atoms with E-state index in [4.69, 9.17) is 22.5 Å². The number of carbonyl (C=O) groups is 1. The standard InChI is InChI=1S/C14H19BrClN3O2/c1-9(2)8-19(7-6-12(17)18-21)14(20)10-4-3-5-11(15)13(10)16/h3-5,9,21H,6-8H2,1-2H3,(H2,17,18). The summed E-state index contributed by atoms with van der Waals surface area (Å²) in [6.45, 7) is 4.98. The number of carbonyl (C=O) groups excluding carboxylic acids is 1. The highest BCUT2D eigenvalue weighted by atomic mass is 79.9. The van der Waals surface area contributed by atoms with E-state index in [2.05, 4.69) is 21.1 Å². The molecule has 0 saturated heterocycles. The molecule has 0 heterocycles. The number of nitrogens with zero attached hydrogens (tertiary/aromatic N) is 2. The Hall–Kier alpha value is -1.27. The summed E-state index contributed by atoms with van der Waals surface area (Å²) >= 11 is 9.49. The van der Waals surface area contributed by atoms with E-state index in [-0.39, 0.29) is 11.7 Å². The molecule has 5 nitrogen and oxygen atoms in total. The quantitative estimate of drug-likeness (QED) is 0.346. The van der Waals surface area contributed by atoms with Gasteiger partial charge in [-0.15, -0.1) is 0 Å². The van der Waals surface area contributed by atoms with Crippen molar-refractivity contribution in [2.24, 2.45) is 16.8 Å². The first-order chi connectivity index (χ1) is 9.86. The van der Waals surface area contributed by atoms with Crippen LogP contribution in [-0.4, -0.2) is 34.9 Å². The fourth-order valence-corrected chi connectivity index (χ4v) is 2.43. The van der Waals surface area contributed by atoms with Crippen LogP contribution in [0.25, 0.3) is 0 Å². The molecule has 1 aromatic carbocycles. The van der Waals surface area contributed by atoms with Gasteiger partial charge in [0.1, 0.15) is 5.84 Å². The first-order valence-corrected chi connectivity index (χ1v) is 7.73. The third-order valence-electron chi connectivity index (χ3n) is 2.82. The van der Waals surface area contributed by atoms with E-state index in [1.165, 1.54) is 0 Å². The van der Waals surface area contributed by atoms with Crippen LogP contribution in [0.3, 0.4) is 0 Å². The topological polar surface area (TPSA) is 78.9 Å². The maximum Gasteiger partial charge on any atom is 0.255 e. The molecule has 0 aliphatic heterocycles. The number of oxime groups is 1. The fourth-order valence-electron chi connectivity index (χ4n) is 1.86. The molecule has 21 heavy (non-hydrogen) atoms. The van der Waals surface area contributed by atoms with Gasteiger partial charge < -0.3 is 15.8 Å². The minimum atomic E-state index is -0.166. The molecule has 0 aliphatic carbocycles. The minimum Gasteiger partial charge on any atom is -0.409 e. The van der Waals surface area contributed by atoms with Gasteiger partial charge in [-0.3, -0.25) is 4.79 Å². The molecule has 0 unspecified atom stereocenters. The Labute approximate surface area is 137 Å². The van der Waals surface area contributed by atoms with Crippen LogP contribution in [0, 0.1) is 5.92 Å². The number of halogens is 2. The van der Waals surface area contributed by atoms with Crippen molar-refractivity contribution in [3.8, 4) is 0 Å². The molecule has 0 aromatic heterocycles. The lowest BCUT2D eigenvalue weighted by Crippen LogP contribution is -2.37. The van der Waals surface area contributed by atoms with Crippen molar-refractivity contribution < 1.29 is 10.0 Å². The molecule has 0 atom stereocenters. The van der Waals surface area contributed by atoms with Crippen LogP contribution in [0.4, 0.5) is 0 Å². The van der Waals surface area contributed by atoms with Crippen LogP contribution in [-0.2, 0) is 0 Å². The molecule has 1 aromatic rings. The summed E-state index contributed by atoms with van der Waals surface area (Å²) in [4.78, 5) is 14.3. The number of nitrogens with two attached hydrogens (primary N) is 1. The Morgan fingerprint density at radius 1 is 1.52 bits per heavy atom. The molecule has 0 radical (unpaired) electrons. The van der Waals surface area contributed by atoms with Gasteiger partial charge >= 0.3 is 0 Å². The third kappa shape index (κ3) is 5.21. The SMILES string of the molecule is CC(C)CN(CC/C(N)=N/O)C(=O)c1cccc(Br)c1Cl. The summed E-state index contributed by atoms with van der Waals surface area (Å²) in [6.07, 6.45) is 0.306.